The zero-order valence-corrected chi connectivity index (χ0v) is 16.2. The molecule has 1 N–H and O–H groups in total. The molecular weight excluding hydrogens is 441 g/mol. The minimum atomic E-state index is -0.131. The topological polar surface area (TPSA) is 47.6 Å². The first-order valence-corrected chi connectivity index (χ1v) is 9.26. The second kappa shape index (κ2) is 9.24. The van der Waals surface area contributed by atoms with Gasteiger partial charge in [0, 0.05) is 14.8 Å². The molecule has 0 saturated heterocycles. The van der Waals surface area contributed by atoms with Gasteiger partial charge >= 0.3 is 0 Å². The van der Waals surface area contributed by atoms with E-state index in [1.807, 2.05) is 72.8 Å². The molecule has 3 rings (SSSR count). The summed E-state index contributed by atoms with van der Waals surface area (Å²) >= 11 is 2.19. The molecule has 4 nitrogen and oxygen atoms in total. The predicted octanol–water partition coefficient (Wildman–Crippen LogP) is 5.00. The second-order valence-corrected chi connectivity index (χ2v) is 6.74. The lowest BCUT2D eigenvalue weighted by molar-refractivity contribution is 0.102. The molecule has 0 atom stereocenters. The molecule has 3 aromatic rings. The summed E-state index contributed by atoms with van der Waals surface area (Å²) in [6.45, 7) is 0.915. The third-order valence-electron chi connectivity index (χ3n) is 3.56. The smallest absolute Gasteiger partial charge is 0.255 e. The molecule has 0 aliphatic heterocycles. The van der Waals surface area contributed by atoms with E-state index in [1.54, 1.807) is 6.07 Å². The summed E-state index contributed by atoms with van der Waals surface area (Å²) in [7, 11) is 0. The fourth-order valence-corrected chi connectivity index (χ4v) is 2.85. The van der Waals surface area contributed by atoms with Crippen molar-refractivity contribution in [2.45, 2.75) is 0 Å². The molecule has 132 valence electrons. The van der Waals surface area contributed by atoms with E-state index in [0.29, 0.717) is 18.8 Å². The van der Waals surface area contributed by atoms with Gasteiger partial charge < -0.3 is 14.8 Å². The number of hydrogen-bond acceptors (Lipinski definition) is 3. The van der Waals surface area contributed by atoms with E-state index >= 15 is 0 Å². The lowest BCUT2D eigenvalue weighted by Gasteiger charge is -2.09. The molecule has 0 aliphatic carbocycles. The zero-order valence-electron chi connectivity index (χ0n) is 14.0. The Morgan fingerprint density at radius 1 is 0.808 bits per heavy atom. The predicted molar refractivity (Wildman–Crippen MR) is 111 cm³/mol. The van der Waals surface area contributed by atoms with E-state index in [0.717, 1.165) is 20.8 Å². The maximum Gasteiger partial charge on any atom is 0.255 e. The van der Waals surface area contributed by atoms with Crippen molar-refractivity contribution < 1.29 is 14.3 Å². The summed E-state index contributed by atoms with van der Waals surface area (Å²) in [4.78, 5) is 12.2. The van der Waals surface area contributed by atoms with Crippen LogP contribution in [0.5, 0.6) is 11.5 Å². The van der Waals surface area contributed by atoms with Gasteiger partial charge in [-0.15, -0.1) is 0 Å². The molecule has 0 aromatic heterocycles. The van der Waals surface area contributed by atoms with Crippen LogP contribution >= 0.6 is 22.6 Å². The van der Waals surface area contributed by atoms with E-state index in [1.165, 1.54) is 0 Å². The number of anilines is 1. The summed E-state index contributed by atoms with van der Waals surface area (Å²) in [5.41, 5.74) is 1.36. The average molecular weight is 459 g/mol. The molecule has 26 heavy (non-hydrogen) atoms. The van der Waals surface area contributed by atoms with E-state index in [2.05, 4.69) is 27.9 Å². The molecule has 0 unspecified atom stereocenters. The molecule has 0 bridgehead atoms. The van der Waals surface area contributed by atoms with Crippen LogP contribution in [0.1, 0.15) is 10.4 Å². The largest absolute Gasteiger partial charge is 0.490 e. The number of benzene rings is 3. The Labute approximate surface area is 166 Å². The Bertz CT molecular complexity index is 851. The van der Waals surface area contributed by atoms with Crippen LogP contribution < -0.4 is 14.8 Å². The number of ether oxygens (including phenoxy) is 2. The van der Waals surface area contributed by atoms with Crippen molar-refractivity contribution in [3.63, 3.8) is 0 Å². The number of amides is 1. The van der Waals surface area contributed by atoms with E-state index < -0.39 is 0 Å². The summed E-state index contributed by atoms with van der Waals surface area (Å²) in [6, 6.07) is 24.4. The molecule has 0 aliphatic rings. The number of nitrogens with one attached hydrogen (secondary N) is 1. The van der Waals surface area contributed by atoms with Crippen LogP contribution in [0.3, 0.4) is 0 Å². The lowest BCUT2D eigenvalue weighted by Crippen LogP contribution is -2.12. The van der Waals surface area contributed by atoms with E-state index in [9.17, 15) is 4.79 Å². The Kier molecular flexibility index (Phi) is 6.49. The zero-order chi connectivity index (χ0) is 18.2. The van der Waals surface area contributed by atoms with Crippen LogP contribution in [0.2, 0.25) is 0 Å². The Balaban J connectivity index is 1.46. The molecule has 5 heteroatoms. The fraction of sp³-hybridized carbons (Fsp3) is 0.0952. The molecule has 3 aromatic carbocycles. The van der Waals surface area contributed by atoms with Crippen LogP contribution in [-0.4, -0.2) is 19.1 Å². The van der Waals surface area contributed by atoms with Crippen molar-refractivity contribution in [3.8, 4) is 11.5 Å². The third-order valence-corrected chi connectivity index (χ3v) is 4.23. The normalized spacial score (nSPS) is 10.2. The summed E-state index contributed by atoms with van der Waals surface area (Å²) in [5.74, 6) is 1.42. The number of rotatable bonds is 7. The van der Waals surface area contributed by atoms with Crippen LogP contribution in [0.25, 0.3) is 0 Å². The van der Waals surface area contributed by atoms with Crippen molar-refractivity contribution in [1.29, 1.82) is 0 Å². The highest BCUT2D eigenvalue weighted by Crippen LogP contribution is 2.17. The number of hydrogen-bond donors (Lipinski definition) is 1. The molecule has 0 saturated carbocycles. The van der Waals surface area contributed by atoms with Crippen LogP contribution in [-0.2, 0) is 0 Å². The SMILES string of the molecule is O=C(Nc1ccc(OCCOc2ccccc2)cc1)c1cccc(I)c1. The molecular formula is C21H18INO3. The Morgan fingerprint density at radius 2 is 1.46 bits per heavy atom. The van der Waals surface area contributed by atoms with Crippen molar-refractivity contribution >= 4 is 34.2 Å². The summed E-state index contributed by atoms with van der Waals surface area (Å²) in [6.07, 6.45) is 0. The van der Waals surface area contributed by atoms with Gasteiger partial charge in [-0.1, -0.05) is 24.3 Å². The summed E-state index contributed by atoms with van der Waals surface area (Å²) in [5, 5.41) is 2.88. The lowest BCUT2D eigenvalue weighted by atomic mass is 10.2. The minimum Gasteiger partial charge on any atom is -0.490 e. The first-order chi connectivity index (χ1) is 12.7. The average Bonchev–Trinajstić information content (AvgIpc) is 2.67. The van der Waals surface area contributed by atoms with Crippen molar-refractivity contribution in [2.24, 2.45) is 0 Å². The fourth-order valence-electron chi connectivity index (χ4n) is 2.30. The van der Waals surface area contributed by atoms with Gasteiger partial charge in [-0.05, 0) is 77.2 Å². The van der Waals surface area contributed by atoms with E-state index in [-0.39, 0.29) is 5.91 Å². The highest BCUT2D eigenvalue weighted by atomic mass is 127. The standard InChI is InChI=1S/C21H18INO3/c22-17-6-4-5-16(15-17)21(24)23-18-9-11-20(12-10-18)26-14-13-25-19-7-2-1-3-8-19/h1-12,15H,13-14H2,(H,23,24). The van der Waals surface area contributed by atoms with Gasteiger partial charge in [-0.2, -0.15) is 0 Å². The molecule has 0 radical (unpaired) electrons. The number of halogens is 1. The number of carbonyl (C=O) groups excluding carboxylic acids is 1. The molecule has 0 fully saturated rings. The van der Waals surface area contributed by atoms with Gasteiger partial charge in [-0.3, -0.25) is 4.79 Å². The maximum absolute atomic E-state index is 12.2. The van der Waals surface area contributed by atoms with Crippen LogP contribution in [0.4, 0.5) is 5.69 Å². The highest BCUT2D eigenvalue weighted by molar-refractivity contribution is 14.1. The van der Waals surface area contributed by atoms with E-state index in [4.69, 9.17) is 9.47 Å². The van der Waals surface area contributed by atoms with Crippen molar-refractivity contribution in [3.05, 3.63) is 88.0 Å². The van der Waals surface area contributed by atoms with Crippen LogP contribution in [0, 0.1) is 3.57 Å². The monoisotopic (exact) mass is 459 g/mol. The Morgan fingerprint density at radius 3 is 2.12 bits per heavy atom. The second-order valence-electron chi connectivity index (χ2n) is 5.50. The molecule has 0 spiro atoms. The summed E-state index contributed by atoms with van der Waals surface area (Å²) < 4.78 is 12.3. The van der Waals surface area contributed by atoms with Crippen LogP contribution in [0.15, 0.2) is 78.9 Å². The maximum atomic E-state index is 12.2. The van der Waals surface area contributed by atoms with Gasteiger partial charge in [0.2, 0.25) is 0 Å². The number of carbonyl (C=O) groups is 1. The van der Waals surface area contributed by atoms with Gasteiger partial charge in [0.05, 0.1) is 0 Å². The minimum absolute atomic E-state index is 0.131. The van der Waals surface area contributed by atoms with Gasteiger partial charge in [0.15, 0.2) is 0 Å². The Hall–Kier alpha value is -2.54. The van der Waals surface area contributed by atoms with Crippen molar-refractivity contribution in [1.82, 2.24) is 0 Å². The highest BCUT2D eigenvalue weighted by Gasteiger charge is 2.06. The number of para-hydroxylation sites is 1. The van der Waals surface area contributed by atoms with Crippen molar-refractivity contribution in [2.75, 3.05) is 18.5 Å². The van der Waals surface area contributed by atoms with Gasteiger partial charge in [-0.25, -0.2) is 0 Å². The van der Waals surface area contributed by atoms with Gasteiger partial charge in [0.25, 0.3) is 5.91 Å². The first-order valence-electron chi connectivity index (χ1n) is 8.18. The molecule has 0 heterocycles. The quantitative estimate of drug-likeness (QED) is 0.400. The van der Waals surface area contributed by atoms with Gasteiger partial charge in [0.1, 0.15) is 24.7 Å². The molecule has 1 amide bonds. The third kappa shape index (κ3) is 5.49. The first kappa shape index (κ1) is 18.3.